The van der Waals surface area contributed by atoms with Gasteiger partial charge in [0.1, 0.15) is 0 Å². The van der Waals surface area contributed by atoms with Crippen molar-refractivity contribution in [2.45, 2.75) is 5.75 Å². The molecule has 4 rings (SSSR count). The lowest BCUT2D eigenvalue weighted by molar-refractivity contribution is 0.198. The highest BCUT2D eigenvalue weighted by molar-refractivity contribution is 7.91. The molecule has 0 fully saturated rings. The van der Waals surface area contributed by atoms with Gasteiger partial charge in [-0.05, 0) is 42.0 Å². The molecule has 158 valence electrons. The Bertz CT molecular complexity index is 1410. The number of sulfonamides is 1. The van der Waals surface area contributed by atoms with E-state index in [0.29, 0.717) is 27.4 Å². The molecule has 0 spiro atoms. The van der Waals surface area contributed by atoms with Crippen molar-refractivity contribution in [3.05, 3.63) is 88.4 Å². The maximum atomic E-state index is 12.7. The summed E-state index contributed by atoms with van der Waals surface area (Å²) in [5, 5.41) is 11.1. The molecule has 0 radical (unpaired) electrons. The number of benzene rings is 3. The molecule has 0 unspecified atom stereocenters. The molecule has 3 aromatic carbocycles. The van der Waals surface area contributed by atoms with E-state index in [1.54, 1.807) is 48.5 Å². The van der Waals surface area contributed by atoms with Crippen molar-refractivity contribution in [1.82, 2.24) is 4.57 Å². The Kier molecular flexibility index (Phi) is 5.66. The van der Waals surface area contributed by atoms with Gasteiger partial charge in [0.25, 0.3) is 0 Å². The standard InChI is InChI=1S/C22H16Cl2N2O4S/c23-17-6-3-4-14(10-17)13-31(29,30)25-19-11-16(8-9-18(19)24)21-12-15-5-1-2-7-20(15)26(21)22(27)28/h1-12,25H,13H2,(H,27,28). The topological polar surface area (TPSA) is 88.4 Å². The van der Waals surface area contributed by atoms with Crippen LogP contribution in [0.2, 0.25) is 10.0 Å². The number of halogens is 2. The van der Waals surface area contributed by atoms with E-state index in [1.807, 2.05) is 12.1 Å². The Hall–Kier alpha value is -3.00. The number of rotatable bonds is 5. The van der Waals surface area contributed by atoms with Crippen LogP contribution in [0.15, 0.2) is 72.8 Å². The highest BCUT2D eigenvalue weighted by Crippen LogP contribution is 2.33. The molecule has 0 atom stereocenters. The van der Waals surface area contributed by atoms with E-state index in [4.69, 9.17) is 23.2 Å². The van der Waals surface area contributed by atoms with Gasteiger partial charge in [-0.3, -0.25) is 4.72 Å². The number of aromatic nitrogens is 1. The third-order valence-electron chi connectivity index (χ3n) is 4.68. The second-order valence-corrected chi connectivity index (χ2v) is 9.46. The third-order valence-corrected chi connectivity index (χ3v) is 6.48. The molecular formula is C22H16Cl2N2O4S. The lowest BCUT2D eigenvalue weighted by atomic mass is 10.1. The Balaban J connectivity index is 1.72. The first-order valence-corrected chi connectivity index (χ1v) is 11.5. The van der Waals surface area contributed by atoms with Gasteiger partial charge >= 0.3 is 6.09 Å². The molecule has 0 saturated carbocycles. The maximum Gasteiger partial charge on any atom is 0.416 e. The molecule has 1 heterocycles. The molecule has 0 bridgehead atoms. The molecule has 2 N–H and O–H groups in total. The fraction of sp³-hybridized carbons (Fsp3) is 0.0455. The average Bonchev–Trinajstić information content (AvgIpc) is 3.09. The number of fused-ring (bicyclic) bond motifs is 1. The first-order valence-electron chi connectivity index (χ1n) is 9.12. The number of hydrogen-bond donors (Lipinski definition) is 2. The van der Waals surface area contributed by atoms with Crippen LogP contribution in [0, 0.1) is 0 Å². The second-order valence-electron chi connectivity index (χ2n) is 6.89. The van der Waals surface area contributed by atoms with Crippen molar-refractivity contribution in [3.63, 3.8) is 0 Å². The van der Waals surface area contributed by atoms with Crippen molar-refractivity contribution >= 4 is 55.9 Å². The number of nitrogens with zero attached hydrogens (tertiary/aromatic N) is 1. The normalized spacial score (nSPS) is 11.5. The van der Waals surface area contributed by atoms with Crippen molar-refractivity contribution in [2.24, 2.45) is 0 Å². The highest BCUT2D eigenvalue weighted by atomic mass is 35.5. The van der Waals surface area contributed by atoms with Crippen LogP contribution >= 0.6 is 23.2 Å². The van der Waals surface area contributed by atoms with Crippen LogP contribution in [0.5, 0.6) is 0 Å². The molecule has 4 aromatic rings. The van der Waals surface area contributed by atoms with E-state index in [2.05, 4.69) is 4.72 Å². The molecule has 6 nitrogen and oxygen atoms in total. The van der Waals surface area contributed by atoms with Gasteiger partial charge in [-0.25, -0.2) is 17.8 Å². The summed E-state index contributed by atoms with van der Waals surface area (Å²) in [5.41, 5.74) is 2.12. The molecule has 9 heteroatoms. The van der Waals surface area contributed by atoms with Crippen LogP contribution in [-0.2, 0) is 15.8 Å². The summed E-state index contributed by atoms with van der Waals surface area (Å²) in [6.45, 7) is 0. The summed E-state index contributed by atoms with van der Waals surface area (Å²) < 4.78 is 29.0. The number of para-hydroxylation sites is 1. The maximum absolute atomic E-state index is 12.7. The van der Waals surface area contributed by atoms with Crippen LogP contribution in [0.3, 0.4) is 0 Å². The zero-order valence-corrected chi connectivity index (χ0v) is 18.2. The summed E-state index contributed by atoms with van der Waals surface area (Å²) in [4.78, 5) is 11.9. The van der Waals surface area contributed by atoms with Gasteiger partial charge in [0.05, 0.1) is 27.7 Å². The minimum Gasteiger partial charge on any atom is -0.464 e. The van der Waals surface area contributed by atoms with E-state index in [1.165, 1.54) is 12.1 Å². The molecule has 1 aromatic heterocycles. The molecular weight excluding hydrogens is 459 g/mol. The fourth-order valence-electron chi connectivity index (χ4n) is 3.39. The predicted octanol–water partition coefficient (Wildman–Crippen LogP) is 6.08. The van der Waals surface area contributed by atoms with Crippen molar-refractivity contribution in [2.75, 3.05) is 4.72 Å². The number of hydrogen-bond acceptors (Lipinski definition) is 3. The van der Waals surface area contributed by atoms with Crippen LogP contribution in [0.25, 0.3) is 22.2 Å². The quantitative estimate of drug-likeness (QED) is 0.366. The lowest BCUT2D eigenvalue weighted by Crippen LogP contribution is -2.15. The lowest BCUT2D eigenvalue weighted by Gasteiger charge is -2.12. The first kappa shape index (κ1) is 21.2. The van der Waals surface area contributed by atoms with Crippen LogP contribution < -0.4 is 4.72 Å². The van der Waals surface area contributed by atoms with E-state index in [9.17, 15) is 18.3 Å². The average molecular weight is 475 g/mol. The number of anilines is 1. The van der Waals surface area contributed by atoms with Gasteiger partial charge < -0.3 is 5.11 Å². The Morgan fingerprint density at radius 3 is 2.48 bits per heavy atom. The summed E-state index contributed by atoms with van der Waals surface area (Å²) in [5.74, 6) is -0.288. The van der Waals surface area contributed by atoms with Gasteiger partial charge in [0.15, 0.2) is 0 Å². The largest absolute Gasteiger partial charge is 0.464 e. The zero-order chi connectivity index (χ0) is 22.2. The van der Waals surface area contributed by atoms with Gasteiger partial charge in [0, 0.05) is 16.0 Å². The third kappa shape index (κ3) is 4.54. The molecule has 0 aliphatic heterocycles. The van der Waals surface area contributed by atoms with Gasteiger partial charge in [-0.15, -0.1) is 0 Å². The molecule has 0 amide bonds. The van der Waals surface area contributed by atoms with Gasteiger partial charge in [0.2, 0.25) is 10.0 Å². The monoisotopic (exact) mass is 474 g/mol. The summed E-state index contributed by atoms with van der Waals surface area (Å²) in [6.07, 6.45) is -1.14. The second kappa shape index (κ2) is 8.26. The smallest absolute Gasteiger partial charge is 0.416 e. The zero-order valence-electron chi connectivity index (χ0n) is 15.9. The Morgan fingerprint density at radius 2 is 1.74 bits per heavy atom. The van der Waals surface area contributed by atoms with Crippen LogP contribution in [-0.4, -0.2) is 24.2 Å². The van der Waals surface area contributed by atoms with Crippen LogP contribution in [0.4, 0.5) is 10.5 Å². The van der Waals surface area contributed by atoms with E-state index < -0.39 is 16.1 Å². The molecule has 0 saturated heterocycles. The SMILES string of the molecule is O=C(O)n1c(-c2ccc(Cl)c(NS(=O)(=O)Cc3cccc(Cl)c3)c2)cc2ccccc21. The Labute approximate surface area is 188 Å². The van der Waals surface area contributed by atoms with Gasteiger partial charge in [-0.2, -0.15) is 0 Å². The summed E-state index contributed by atoms with van der Waals surface area (Å²) >= 11 is 12.2. The minimum absolute atomic E-state index is 0.156. The summed E-state index contributed by atoms with van der Waals surface area (Å²) in [7, 11) is -3.79. The Morgan fingerprint density at radius 1 is 0.968 bits per heavy atom. The van der Waals surface area contributed by atoms with Crippen molar-refractivity contribution < 1.29 is 18.3 Å². The minimum atomic E-state index is -3.79. The predicted molar refractivity (Wildman–Crippen MR) is 124 cm³/mol. The van der Waals surface area contributed by atoms with Crippen molar-refractivity contribution in [3.8, 4) is 11.3 Å². The van der Waals surface area contributed by atoms with E-state index >= 15 is 0 Å². The molecule has 31 heavy (non-hydrogen) atoms. The molecule has 0 aliphatic rings. The van der Waals surface area contributed by atoms with Crippen molar-refractivity contribution in [1.29, 1.82) is 0 Å². The first-order chi connectivity index (χ1) is 14.7. The number of carboxylic acid groups (broad SMARTS) is 1. The molecule has 0 aliphatic carbocycles. The summed E-state index contributed by atoms with van der Waals surface area (Å²) in [6, 6.07) is 20.1. The van der Waals surface area contributed by atoms with E-state index in [0.717, 1.165) is 9.95 Å². The van der Waals surface area contributed by atoms with Gasteiger partial charge in [-0.1, -0.05) is 59.6 Å². The number of carbonyl (C=O) groups is 1. The number of nitrogens with one attached hydrogen (secondary N) is 1. The van der Waals surface area contributed by atoms with E-state index in [-0.39, 0.29) is 16.5 Å². The van der Waals surface area contributed by atoms with Crippen LogP contribution in [0.1, 0.15) is 5.56 Å². The highest BCUT2D eigenvalue weighted by Gasteiger charge is 2.18. The fourth-order valence-corrected chi connectivity index (χ4v) is 5.01.